The third-order valence-corrected chi connectivity index (χ3v) is 7.67. The number of carbonyl (C=O) groups excluding carboxylic acids is 1. The van der Waals surface area contributed by atoms with Crippen LogP contribution in [0.5, 0.6) is 0 Å². The Labute approximate surface area is 230 Å². The Morgan fingerprint density at radius 3 is 2.15 bits per heavy atom. The van der Waals surface area contributed by atoms with Gasteiger partial charge in [-0.2, -0.15) is 26.3 Å². The number of aryl methyl sites for hydroxylation is 2. The molecule has 1 aromatic heterocycles. The van der Waals surface area contributed by atoms with Gasteiger partial charge in [0.1, 0.15) is 11.6 Å². The molecule has 12 heteroatoms. The largest absolute Gasteiger partial charge is 0.416 e. The van der Waals surface area contributed by atoms with Crippen molar-refractivity contribution in [2.75, 3.05) is 6.54 Å². The molecule has 2 aliphatic heterocycles. The van der Waals surface area contributed by atoms with E-state index in [4.69, 9.17) is 9.26 Å². The van der Waals surface area contributed by atoms with E-state index in [0.29, 0.717) is 46.7 Å². The summed E-state index contributed by atoms with van der Waals surface area (Å²) < 4.78 is 106. The zero-order valence-electron chi connectivity index (χ0n) is 22.1. The van der Waals surface area contributed by atoms with Crippen LogP contribution in [0.1, 0.15) is 64.6 Å². The lowest BCUT2D eigenvalue weighted by Crippen LogP contribution is -2.39. The quantitative estimate of drug-likeness (QED) is 0.295. The monoisotopic (exact) mass is 582 g/mol. The first-order chi connectivity index (χ1) is 19.1. The summed E-state index contributed by atoms with van der Waals surface area (Å²) in [6.45, 7) is 4.86. The molecule has 5 nitrogen and oxygen atoms in total. The number of amides is 1. The maximum Gasteiger partial charge on any atom is 0.416 e. The Kier molecular flexibility index (Phi) is 7.25. The summed E-state index contributed by atoms with van der Waals surface area (Å²) >= 11 is 0. The zero-order chi connectivity index (χ0) is 29.9. The van der Waals surface area contributed by atoms with Crippen molar-refractivity contribution in [1.82, 2.24) is 10.1 Å². The van der Waals surface area contributed by atoms with Gasteiger partial charge in [-0.25, -0.2) is 4.39 Å². The molecule has 0 saturated carbocycles. The van der Waals surface area contributed by atoms with E-state index in [1.165, 1.54) is 37.3 Å². The third kappa shape index (κ3) is 5.61. The van der Waals surface area contributed by atoms with Crippen LogP contribution in [-0.2, 0) is 21.9 Å². The second-order valence-corrected chi connectivity index (χ2v) is 10.4. The van der Waals surface area contributed by atoms with Gasteiger partial charge in [-0.15, -0.1) is 0 Å². The van der Waals surface area contributed by atoms with Gasteiger partial charge < -0.3 is 14.2 Å². The summed E-state index contributed by atoms with van der Waals surface area (Å²) in [5.41, 5.74) is -0.615. The molecule has 1 unspecified atom stereocenters. The number of hydrogen-bond acceptors (Lipinski definition) is 4. The predicted molar refractivity (Wildman–Crippen MR) is 133 cm³/mol. The summed E-state index contributed by atoms with van der Waals surface area (Å²) in [5.74, 6) is -0.855. The van der Waals surface area contributed by atoms with Gasteiger partial charge in [0.15, 0.2) is 0 Å². The van der Waals surface area contributed by atoms with Gasteiger partial charge in [0.05, 0.1) is 29.0 Å². The van der Waals surface area contributed by atoms with Crippen molar-refractivity contribution in [3.63, 3.8) is 0 Å². The highest BCUT2D eigenvalue weighted by Crippen LogP contribution is 2.45. The van der Waals surface area contributed by atoms with Gasteiger partial charge in [-0.05, 0) is 74.2 Å². The van der Waals surface area contributed by atoms with Crippen LogP contribution in [0.15, 0.2) is 53.1 Å². The first-order valence-corrected chi connectivity index (χ1v) is 12.8. The number of halogens is 7. The van der Waals surface area contributed by atoms with Gasteiger partial charge in [-0.1, -0.05) is 17.3 Å². The number of alkyl halides is 6. The van der Waals surface area contributed by atoms with E-state index in [1.807, 2.05) is 0 Å². The molecular formula is C29H25F7N2O3. The van der Waals surface area contributed by atoms with Gasteiger partial charge in [-0.3, -0.25) is 4.79 Å². The van der Waals surface area contributed by atoms with E-state index >= 15 is 0 Å². The standard InChI is InChI=1S/C29H25F7N2O3/c1-14-26(16(3)41-37-14)19-10-23-27(17-4-6-22(30)7-5-17)24(13-38(23)25(39)11-19)40-15(2)18-8-20(28(31,32)33)12-21(9-18)29(34,35)36/h4-9,11-12,15,23-24,27H,10,13H2,1-3H3/t15-,23+,24+,27?/m1/s1. The van der Waals surface area contributed by atoms with Gasteiger partial charge >= 0.3 is 12.4 Å². The number of nitrogens with zero attached hydrogens (tertiary/aromatic N) is 2. The summed E-state index contributed by atoms with van der Waals surface area (Å²) in [4.78, 5) is 14.8. The Hall–Kier alpha value is -3.67. The van der Waals surface area contributed by atoms with Crippen molar-refractivity contribution in [2.24, 2.45) is 0 Å². The minimum absolute atomic E-state index is 0.0341. The minimum atomic E-state index is -5.01. The van der Waals surface area contributed by atoms with Crippen molar-refractivity contribution in [3.05, 3.63) is 93.6 Å². The zero-order valence-corrected chi connectivity index (χ0v) is 22.1. The van der Waals surface area contributed by atoms with Crippen LogP contribution in [0.4, 0.5) is 30.7 Å². The Balaban J connectivity index is 1.51. The summed E-state index contributed by atoms with van der Waals surface area (Å²) in [6, 6.07) is 6.42. The lowest BCUT2D eigenvalue weighted by Gasteiger charge is -2.32. The SMILES string of the molecule is Cc1noc(C)c1C1=CC(=O)N2C[C@H](O[C@H](C)c3cc(C(F)(F)F)cc(C(F)(F)F)c3)C(c3ccc(F)cc3)[C@@H]2C1. The minimum Gasteiger partial charge on any atom is -0.368 e. The van der Waals surface area contributed by atoms with Crippen molar-refractivity contribution in [1.29, 1.82) is 0 Å². The molecule has 218 valence electrons. The van der Waals surface area contributed by atoms with E-state index < -0.39 is 53.5 Å². The highest BCUT2D eigenvalue weighted by atomic mass is 19.4. The van der Waals surface area contributed by atoms with Crippen LogP contribution in [0.3, 0.4) is 0 Å². The van der Waals surface area contributed by atoms with E-state index in [0.717, 1.165) is 0 Å². The molecular weight excluding hydrogens is 557 g/mol. The molecule has 0 N–H and O–H groups in total. The molecule has 3 heterocycles. The van der Waals surface area contributed by atoms with E-state index in [1.54, 1.807) is 18.7 Å². The number of benzene rings is 2. The summed E-state index contributed by atoms with van der Waals surface area (Å²) in [7, 11) is 0. The van der Waals surface area contributed by atoms with Crippen molar-refractivity contribution >= 4 is 11.5 Å². The highest BCUT2D eigenvalue weighted by Gasteiger charge is 2.48. The fraction of sp³-hybridized carbons (Fsp3) is 0.379. The van der Waals surface area contributed by atoms with E-state index in [-0.39, 0.29) is 24.1 Å². The molecule has 0 bridgehead atoms. The van der Waals surface area contributed by atoms with Crippen LogP contribution in [0.2, 0.25) is 0 Å². The fourth-order valence-corrected chi connectivity index (χ4v) is 5.81. The Morgan fingerprint density at radius 1 is 1.00 bits per heavy atom. The highest BCUT2D eigenvalue weighted by molar-refractivity contribution is 5.98. The number of carbonyl (C=O) groups is 1. The number of ether oxygens (including phenoxy) is 1. The lowest BCUT2D eigenvalue weighted by atomic mass is 9.83. The van der Waals surface area contributed by atoms with Crippen LogP contribution in [0, 0.1) is 19.7 Å². The molecule has 5 rings (SSSR count). The predicted octanol–water partition coefficient (Wildman–Crippen LogP) is 7.40. The summed E-state index contributed by atoms with van der Waals surface area (Å²) in [6.07, 6.45) is -10.2. The van der Waals surface area contributed by atoms with Crippen LogP contribution < -0.4 is 0 Å². The molecule has 1 amide bonds. The normalized spacial score (nSPS) is 22.1. The molecule has 3 aromatic rings. The van der Waals surface area contributed by atoms with Crippen LogP contribution in [-0.4, -0.2) is 34.7 Å². The molecule has 0 aliphatic carbocycles. The molecule has 0 spiro atoms. The van der Waals surface area contributed by atoms with Crippen LogP contribution >= 0.6 is 0 Å². The molecule has 1 fully saturated rings. The fourth-order valence-electron chi connectivity index (χ4n) is 5.81. The molecule has 2 aromatic carbocycles. The third-order valence-electron chi connectivity index (χ3n) is 7.67. The molecule has 0 radical (unpaired) electrons. The Bertz CT molecular complexity index is 1440. The summed E-state index contributed by atoms with van der Waals surface area (Å²) in [5, 5.41) is 3.96. The van der Waals surface area contributed by atoms with Gasteiger partial charge in [0.2, 0.25) is 5.91 Å². The molecule has 4 atom stereocenters. The first kappa shape index (κ1) is 28.8. The second-order valence-electron chi connectivity index (χ2n) is 10.4. The van der Waals surface area contributed by atoms with Crippen molar-refractivity contribution in [2.45, 2.75) is 63.7 Å². The second kappa shape index (κ2) is 10.3. The molecule has 2 aliphatic rings. The van der Waals surface area contributed by atoms with E-state index in [9.17, 15) is 35.5 Å². The lowest BCUT2D eigenvalue weighted by molar-refractivity contribution is -0.143. The number of rotatable bonds is 5. The molecule has 41 heavy (non-hydrogen) atoms. The maximum atomic E-state index is 13.8. The van der Waals surface area contributed by atoms with Gasteiger partial charge in [0, 0.05) is 30.1 Å². The maximum absolute atomic E-state index is 13.8. The number of aromatic nitrogens is 1. The average molecular weight is 583 g/mol. The number of hydrogen-bond donors (Lipinski definition) is 0. The van der Waals surface area contributed by atoms with Crippen LogP contribution in [0.25, 0.3) is 5.57 Å². The number of fused-ring (bicyclic) bond motifs is 1. The topological polar surface area (TPSA) is 55.6 Å². The Morgan fingerprint density at radius 2 is 1.61 bits per heavy atom. The van der Waals surface area contributed by atoms with Crippen molar-refractivity contribution in [3.8, 4) is 0 Å². The molecule has 1 saturated heterocycles. The average Bonchev–Trinajstić information content (AvgIpc) is 3.42. The van der Waals surface area contributed by atoms with E-state index in [2.05, 4.69) is 5.16 Å². The van der Waals surface area contributed by atoms with Gasteiger partial charge in [0.25, 0.3) is 0 Å². The van der Waals surface area contributed by atoms with Crippen molar-refractivity contribution < 1.29 is 44.8 Å². The first-order valence-electron chi connectivity index (χ1n) is 12.8. The smallest absolute Gasteiger partial charge is 0.368 e.